The number of benzene rings is 1. The van der Waals surface area contributed by atoms with Crippen molar-refractivity contribution in [2.75, 3.05) is 7.11 Å². The monoisotopic (exact) mass is 218 g/mol. The Morgan fingerprint density at radius 1 is 1.44 bits per heavy atom. The van der Waals surface area contributed by atoms with Gasteiger partial charge in [0, 0.05) is 24.4 Å². The van der Waals surface area contributed by atoms with Crippen LogP contribution in [0, 0.1) is 0 Å². The molecule has 4 nitrogen and oxygen atoms in total. The van der Waals surface area contributed by atoms with E-state index in [0.29, 0.717) is 0 Å². The van der Waals surface area contributed by atoms with Crippen LogP contribution in [0.5, 0.6) is 5.75 Å². The fourth-order valence-corrected chi connectivity index (χ4v) is 1.64. The zero-order valence-corrected chi connectivity index (χ0v) is 9.34. The van der Waals surface area contributed by atoms with Gasteiger partial charge in [-0.3, -0.25) is 4.68 Å². The third-order valence-corrected chi connectivity index (χ3v) is 2.46. The normalized spacial score (nSPS) is 10.4. The lowest BCUT2D eigenvalue weighted by Gasteiger charge is -2.08. The van der Waals surface area contributed by atoms with Crippen LogP contribution < -0.4 is 4.74 Å². The van der Waals surface area contributed by atoms with Crippen molar-refractivity contribution in [3.63, 3.8) is 0 Å². The number of aliphatic hydroxyl groups excluding tert-OH is 1. The van der Waals surface area contributed by atoms with Crippen LogP contribution >= 0.6 is 0 Å². The van der Waals surface area contributed by atoms with Crippen LogP contribution in [-0.4, -0.2) is 22.0 Å². The van der Waals surface area contributed by atoms with Crippen molar-refractivity contribution >= 4 is 0 Å². The van der Waals surface area contributed by atoms with Crippen LogP contribution in [0.15, 0.2) is 30.6 Å². The van der Waals surface area contributed by atoms with Crippen molar-refractivity contribution in [2.24, 2.45) is 7.05 Å². The molecule has 0 aliphatic heterocycles. The summed E-state index contributed by atoms with van der Waals surface area (Å²) in [6.07, 6.45) is 3.69. The molecule has 0 bridgehead atoms. The quantitative estimate of drug-likeness (QED) is 0.851. The second-order valence-corrected chi connectivity index (χ2v) is 3.60. The molecule has 4 heteroatoms. The largest absolute Gasteiger partial charge is 0.496 e. The topological polar surface area (TPSA) is 47.3 Å². The van der Waals surface area contributed by atoms with E-state index in [1.165, 1.54) is 0 Å². The second kappa shape index (κ2) is 4.37. The predicted molar refractivity (Wildman–Crippen MR) is 61.1 cm³/mol. The van der Waals surface area contributed by atoms with E-state index in [-0.39, 0.29) is 6.61 Å². The highest BCUT2D eigenvalue weighted by Gasteiger charge is 2.08. The number of aliphatic hydroxyl groups is 1. The van der Waals surface area contributed by atoms with Gasteiger partial charge in [0.05, 0.1) is 19.9 Å². The SMILES string of the molecule is COc1ccc(CO)cc1-c1cnn(C)c1. The predicted octanol–water partition coefficient (Wildman–Crippen LogP) is 1.59. The molecule has 0 aliphatic rings. The summed E-state index contributed by atoms with van der Waals surface area (Å²) in [6, 6.07) is 5.61. The minimum absolute atomic E-state index is 0.0251. The molecular weight excluding hydrogens is 204 g/mol. The van der Waals surface area contributed by atoms with E-state index < -0.39 is 0 Å². The van der Waals surface area contributed by atoms with Crippen molar-refractivity contribution < 1.29 is 9.84 Å². The molecule has 0 aliphatic carbocycles. The van der Waals surface area contributed by atoms with Gasteiger partial charge in [-0.15, -0.1) is 0 Å². The van der Waals surface area contributed by atoms with Crippen LogP contribution in [-0.2, 0) is 13.7 Å². The van der Waals surface area contributed by atoms with Crippen LogP contribution in [0.25, 0.3) is 11.1 Å². The molecule has 2 rings (SSSR count). The summed E-state index contributed by atoms with van der Waals surface area (Å²) < 4.78 is 7.03. The molecule has 0 atom stereocenters. The summed E-state index contributed by atoms with van der Waals surface area (Å²) in [7, 11) is 3.50. The Bertz CT molecular complexity index is 492. The fraction of sp³-hybridized carbons (Fsp3) is 0.250. The van der Waals surface area contributed by atoms with Gasteiger partial charge in [0.25, 0.3) is 0 Å². The second-order valence-electron chi connectivity index (χ2n) is 3.60. The molecule has 0 fully saturated rings. The number of methoxy groups -OCH3 is 1. The molecule has 0 saturated heterocycles. The lowest BCUT2D eigenvalue weighted by atomic mass is 10.1. The van der Waals surface area contributed by atoms with Crippen LogP contribution in [0.2, 0.25) is 0 Å². The number of aromatic nitrogens is 2. The minimum Gasteiger partial charge on any atom is -0.496 e. The summed E-state index contributed by atoms with van der Waals surface area (Å²) in [6.45, 7) is 0.0251. The summed E-state index contributed by atoms with van der Waals surface area (Å²) in [5.41, 5.74) is 2.79. The molecule has 1 N–H and O–H groups in total. The molecule has 0 unspecified atom stereocenters. The summed E-state index contributed by atoms with van der Waals surface area (Å²) in [5, 5.41) is 13.2. The van der Waals surface area contributed by atoms with E-state index in [9.17, 15) is 0 Å². The zero-order chi connectivity index (χ0) is 11.5. The zero-order valence-electron chi connectivity index (χ0n) is 9.34. The first kappa shape index (κ1) is 10.7. The maximum Gasteiger partial charge on any atom is 0.126 e. The van der Waals surface area contributed by atoms with Gasteiger partial charge in [0.1, 0.15) is 5.75 Å². The Hall–Kier alpha value is -1.81. The third kappa shape index (κ3) is 1.92. The highest BCUT2D eigenvalue weighted by molar-refractivity contribution is 5.70. The van der Waals surface area contributed by atoms with Gasteiger partial charge in [-0.25, -0.2) is 0 Å². The molecule has 1 heterocycles. The Labute approximate surface area is 94.1 Å². The van der Waals surface area contributed by atoms with Crippen molar-refractivity contribution in [3.05, 3.63) is 36.2 Å². The lowest BCUT2D eigenvalue weighted by molar-refractivity contribution is 0.281. The summed E-state index contributed by atoms with van der Waals surface area (Å²) in [5.74, 6) is 0.783. The molecule has 0 amide bonds. The fourth-order valence-electron chi connectivity index (χ4n) is 1.64. The van der Waals surface area contributed by atoms with E-state index in [2.05, 4.69) is 5.10 Å². The molecular formula is C12H14N2O2. The standard InChI is InChI=1S/C12H14N2O2/c1-14-7-10(6-13-14)11-5-9(8-15)3-4-12(11)16-2/h3-7,15H,8H2,1-2H3. The Kier molecular flexibility index (Phi) is 2.92. The third-order valence-electron chi connectivity index (χ3n) is 2.46. The van der Waals surface area contributed by atoms with Crippen molar-refractivity contribution in [3.8, 4) is 16.9 Å². The average molecular weight is 218 g/mol. The Balaban J connectivity index is 2.52. The summed E-state index contributed by atoms with van der Waals surface area (Å²) in [4.78, 5) is 0. The maximum atomic E-state index is 9.12. The van der Waals surface area contributed by atoms with Crippen molar-refractivity contribution in [1.82, 2.24) is 9.78 Å². The van der Waals surface area contributed by atoms with Crippen LogP contribution in [0.4, 0.5) is 0 Å². The van der Waals surface area contributed by atoms with Crippen LogP contribution in [0.1, 0.15) is 5.56 Å². The van der Waals surface area contributed by atoms with Gasteiger partial charge >= 0.3 is 0 Å². The number of hydrogen-bond acceptors (Lipinski definition) is 3. The highest BCUT2D eigenvalue weighted by Crippen LogP contribution is 2.30. The molecule has 2 aromatic rings. The minimum atomic E-state index is 0.0251. The first-order valence-corrected chi connectivity index (χ1v) is 5.01. The van der Waals surface area contributed by atoms with E-state index in [4.69, 9.17) is 9.84 Å². The summed E-state index contributed by atoms with van der Waals surface area (Å²) >= 11 is 0. The van der Waals surface area contributed by atoms with Gasteiger partial charge in [-0.05, 0) is 17.7 Å². The number of rotatable bonds is 3. The Morgan fingerprint density at radius 2 is 2.25 bits per heavy atom. The van der Waals surface area contributed by atoms with Crippen molar-refractivity contribution in [2.45, 2.75) is 6.61 Å². The average Bonchev–Trinajstić information content (AvgIpc) is 2.75. The Morgan fingerprint density at radius 3 is 2.81 bits per heavy atom. The van der Waals surface area contributed by atoms with E-state index >= 15 is 0 Å². The van der Waals surface area contributed by atoms with Gasteiger partial charge < -0.3 is 9.84 Å². The molecule has 0 radical (unpaired) electrons. The molecule has 0 saturated carbocycles. The van der Waals surface area contributed by atoms with E-state index in [1.54, 1.807) is 18.0 Å². The molecule has 16 heavy (non-hydrogen) atoms. The molecule has 0 spiro atoms. The number of hydrogen-bond donors (Lipinski definition) is 1. The lowest BCUT2D eigenvalue weighted by Crippen LogP contribution is -1.90. The maximum absolute atomic E-state index is 9.12. The molecule has 1 aromatic heterocycles. The van der Waals surface area contributed by atoms with Gasteiger partial charge in [-0.2, -0.15) is 5.10 Å². The number of nitrogens with zero attached hydrogens (tertiary/aromatic N) is 2. The van der Waals surface area contributed by atoms with Gasteiger partial charge in [0.15, 0.2) is 0 Å². The van der Waals surface area contributed by atoms with Crippen LogP contribution in [0.3, 0.4) is 0 Å². The van der Waals surface area contributed by atoms with Crippen molar-refractivity contribution in [1.29, 1.82) is 0 Å². The van der Waals surface area contributed by atoms with Gasteiger partial charge in [0.2, 0.25) is 0 Å². The molecule has 84 valence electrons. The van der Waals surface area contributed by atoms with E-state index in [1.807, 2.05) is 31.4 Å². The van der Waals surface area contributed by atoms with E-state index in [0.717, 1.165) is 22.4 Å². The van der Waals surface area contributed by atoms with Gasteiger partial charge in [-0.1, -0.05) is 6.07 Å². The number of ether oxygens (including phenoxy) is 1. The smallest absolute Gasteiger partial charge is 0.126 e. The highest BCUT2D eigenvalue weighted by atomic mass is 16.5. The molecule has 1 aromatic carbocycles. The first-order chi connectivity index (χ1) is 7.74. The first-order valence-electron chi connectivity index (χ1n) is 5.01. The number of aryl methyl sites for hydroxylation is 1.